The third-order valence-electron chi connectivity index (χ3n) is 3.01. The van der Waals surface area contributed by atoms with E-state index in [0.717, 1.165) is 6.20 Å². The molecule has 0 aliphatic rings. The third kappa shape index (κ3) is 4.13. The van der Waals surface area contributed by atoms with Crippen LogP contribution in [0.25, 0.3) is 0 Å². The molecule has 0 saturated carbocycles. The number of hydrogen-bond donors (Lipinski definition) is 2. The Morgan fingerprint density at radius 2 is 1.78 bits per heavy atom. The van der Waals surface area contributed by atoms with Crippen LogP contribution in [0.1, 0.15) is 12.7 Å². The number of anilines is 2. The summed E-state index contributed by atoms with van der Waals surface area (Å²) in [5.74, 6) is -0.460. The maximum atomic E-state index is 12.0. The predicted octanol–water partition coefficient (Wildman–Crippen LogP) is 1.70. The number of benzene rings is 1. The number of nitrogens with zero attached hydrogens (tertiary/aromatic N) is 3. The Kier molecular flexibility index (Phi) is 4.69. The zero-order valence-electron chi connectivity index (χ0n) is 12.6. The molecule has 0 aliphatic carbocycles. The van der Waals surface area contributed by atoms with E-state index in [4.69, 9.17) is 0 Å². The van der Waals surface area contributed by atoms with E-state index in [1.165, 1.54) is 11.5 Å². The Morgan fingerprint density at radius 3 is 2.30 bits per heavy atom. The Bertz CT molecular complexity index is 751. The van der Waals surface area contributed by atoms with Crippen LogP contribution in [0.3, 0.4) is 0 Å². The normalized spacial score (nSPS) is 10.2. The smallest absolute Gasteiger partial charge is 0.343 e. The summed E-state index contributed by atoms with van der Waals surface area (Å²) in [5.41, 5.74) is 1.13. The second kappa shape index (κ2) is 6.69. The molecule has 9 heteroatoms. The van der Waals surface area contributed by atoms with E-state index in [0.29, 0.717) is 17.2 Å². The van der Waals surface area contributed by atoms with Gasteiger partial charge in [-0.3, -0.25) is 9.59 Å². The van der Waals surface area contributed by atoms with Crippen LogP contribution in [0.4, 0.5) is 17.2 Å². The molecule has 120 valence electrons. The number of nitrogens with one attached hydrogen (secondary N) is 2. The van der Waals surface area contributed by atoms with Crippen LogP contribution >= 0.6 is 0 Å². The van der Waals surface area contributed by atoms with Crippen molar-refractivity contribution in [3.8, 4) is 0 Å². The van der Waals surface area contributed by atoms with Gasteiger partial charge >= 0.3 is 5.82 Å². The van der Waals surface area contributed by atoms with Gasteiger partial charge in [0, 0.05) is 25.2 Å². The number of aryl methyl sites for hydroxylation is 1. The Balaban J connectivity index is 2.04. The van der Waals surface area contributed by atoms with Gasteiger partial charge in [0.25, 0.3) is 5.91 Å². The van der Waals surface area contributed by atoms with Gasteiger partial charge in [-0.1, -0.05) is 0 Å². The molecule has 1 aromatic heterocycles. The largest absolute Gasteiger partial charge is 0.358 e. The van der Waals surface area contributed by atoms with Gasteiger partial charge in [0.05, 0.1) is 0 Å². The van der Waals surface area contributed by atoms with Crippen molar-refractivity contribution in [3.05, 3.63) is 46.4 Å². The van der Waals surface area contributed by atoms with Gasteiger partial charge in [-0.15, -0.1) is 0 Å². The predicted molar refractivity (Wildman–Crippen MR) is 83.0 cm³/mol. The minimum Gasteiger partial charge on any atom is -0.358 e. The van der Waals surface area contributed by atoms with Crippen molar-refractivity contribution in [3.63, 3.8) is 0 Å². The molecule has 0 fully saturated rings. The molecule has 0 aliphatic heterocycles. The average Bonchev–Trinajstić information content (AvgIpc) is 2.82. The quantitative estimate of drug-likeness (QED) is 0.642. The molecule has 0 spiro atoms. The SMILES string of the molecule is CC(=O)Nc1ccc(NC(=O)Cn2c([N+](=O)[O-])cnc2C)cc1. The first kappa shape index (κ1) is 16.1. The van der Waals surface area contributed by atoms with Gasteiger partial charge in [0.1, 0.15) is 6.20 Å². The molecule has 0 saturated heterocycles. The maximum Gasteiger partial charge on any atom is 0.343 e. The number of carbonyl (C=O) groups is 2. The van der Waals surface area contributed by atoms with Crippen LogP contribution in [0.15, 0.2) is 30.5 Å². The molecule has 9 nitrogen and oxygen atoms in total. The number of imidazole rings is 1. The average molecular weight is 317 g/mol. The number of nitro groups is 1. The summed E-state index contributed by atoms with van der Waals surface area (Å²) in [6.45, 7) is 2.77. The maximum absolute atomic E-state index is 12.0. The minimum absolute atomic E-state index is 0.190. The van der Waals surface area contributed by atoms with Gasteiger partial charge < -0.3 is 20.7 Å². The van der Waals surface area contributed by atoms with E-state index in [1.807, 2.05) is 0 Å². The Labute approximate surface area is 131 Å². The van der Waals surface area contributed by atoms with Crippen molar-refractivity contribution in [1.82, 2.24) is 9.55 Å². The summed E-state index contributed by atoms with van der Waals surface area (Å²) in [6.07, 6.45) is 1.12. The van der Waals surface area contributed by atoms with Crippen LogP contribution < -0.4 is 10.6 Å². The zero-order valence-corrected chi connectivity index (χ0v) is 12.6. The first-order valence-corrected chi connectivity index (χ1v) is 6.71. The van der Waals surface area contributed by atoms with E-state index >= 15 is 0 Å². The minimum atomic E-state index is -0.588. The Hall–Kier alpha value is -3.23. The number of carbonyl (C=O) groups excluding carboxylic acids is 2. The summed E-state index contributed by atoms with van der Waals surface area (Å²) < 4.78 is 1.22. The number of hydrogen-bond acceptors (Lipinski definition) is 5. The first-order chi connectivity index (χ1) is 10.9. The van der Waals surface area contributed by atoms with Gasteiger partial charge in [0.15, 0.2) is 12.4 Å². The fourth-order valence-electron chi connectivity index (χ4n) is 1.98. The molecule has 1 heterocycles. The number of amides is 2. The second-order valence-corrected chi connectivity index (χ2v) is 4.81. The van der Waals surface area contributed by atoms with E-state index in [2.05, 4.69) is 15.6 Å². The molecule has 2 aromatic rings. The molecule has 0 atom stereocenters. The molecule has 1 aromatic carbocycles. The van der Waals surface area contributed by atoms with Crippen LogP contribution in [-0.2, 0) is 16.1 Å². The van der Waals surface area contributed by atoms with Crippen molar-refractivity contribution in [2.45, 2.75) is 20.4 Å². The van der Waals surface area contributed by atoms with Crippen LogP contribution in [0.2, 0.25) is 0 Å². The fourth-order valence-corrected chi connectivity index (χ4v) is 1.98. The van der Waals surface area contributed by atoms with Gasteiger partial charge in [-0.2, -0.15) is 0 Å². The molecular formula is C14H15N5O4. The fraction of sp³-hybridized carbons (Fsp3) is 0.214. The highest BCUT2D eigenvalue weighted by Crippen LogP contribution is 2.16. The van der Waals surface area contributed by atoms with E-state index in [9.17, 15) is 19.7 Å². The van der Waals surface area contributed by atoms with Crippen molar-refractivity contribution in [2.24, 2.45) is 0 Å². The monoisotopic (exact) mass is 317 g/mol. The third-order valence-corrected chi connectivity index (χ3v) is 3.01. The zero-order chi connectivity index (χ0) is 17.0. The topological polar surface area (TPSA) is 119 Å². The second-order valence-electron chi connectivity index (χ2n) is 4.81. The van der Waals surface area contributed by atoms with Crippen LogP contribution in [0, 0.1) is 17.0 Å². The molecular weight excluding hydrogens is 302 g/mol. The van der Waals surface area contributed by atoms with E-state index in [1.54, 1.807) is 31.2 Å². The summed E-state index contributed by atoms with van der Waals surface area (Å²) in [4.78, 5) is 37.1. The summed E-state index contributed by atoms with van der Waals surface area (Å²) in [7, 11) is 0. The van der Waals surface area contributed by atoms with Crippen molar-refractivity contribution >= 4 is 29.0 Å². The summed E-state index contributed by atoms with van der Waals surface area (Å²) in [5, 5.41) is 16.1. The standard InChI is InChI=1S/C14H15N5O4/c1-9-15-7-14(19(22)23)18(9)8-13(21)17-12-5-3-11(4-6-12)16-10(2)20/h3-7H,8H2,1-2H3,(H,16,20)(H,17,21). The summed E-state index contributed by atoms with van der Waals surface area (Å²) in [6, 6.07) is 6.53. The van der Waals surface area contributed by atoms with Gasteiger partial charge in [-0.25, -0.2) is 9.55 Å². The van der Waals surface area contributed by atoms with E-state index in [-0.39, 0.29) is 18.3 Å². The molecule has 2 amide bonds. The number of aromatic nitrogens is 2. The van der Waals surface area contributed by atoms with Gasteiger partial charge in [-0.05, 0) is 29.2 Å². The van der Waals surface area contributed by atoms with Crippen molar-refractivity contribution in [1.29, 1.82) is 0 Å². The van der Waals surface area contributed by atoms with Crippen molar-refractivity contribution in [2.75, 3.05) is 10.6 Å². The molecule has 0 bridgehead atoms. The molecule has 0 radical (unpaired) electrons. The van der Waals surface area contributed by atoms with Crippen LogP contribution in [0.5, 0.6) is 0 Å². The molecule has 23 heavy (non-hydrogen) atoms. The lowest BCUT2D eigenvalue weighted by Crippen LogP contribution is -2.20. The lowest BCUT2D eigenvalue weighted by atomic mass is 10.2. The highest BCUT2D eigenvalue weighted by molar-refractivity contribution is 5.92. The molecule has 0 unspecified atom stereocenters. The summed E-state index contributed by atoms with van der Waals surface area (Å²) >= 11 is 0. The lowest BCUT2D eigenvalue weighted by Gasteiger charge is -2.07. The van der Waals surface area contributed by atoms with E-state index < -0.39 is 10.8 Å². The molecule has 2 rings (SSSR count). The highest BCUT2D eigenvalue weighted by Gasteiger charge is 2.20. The number of rotatable bonds is 5. The lowest BCUT2D eigenvalue weighted by molar-refractivity contribution is -0.392. The van der Waals surface area contributed by atoms with Crippen molar-refractivity contribution < 1.29 is 14.5 Å². The van der Waals surface area contributed by atoms with Gasteiger partial charge in [0.2, 0.25) is 5.91 Å². The molecule has 2 N–H and O–H groups in total. The van der Waals surface area contributed by atoms with Crippen LogP contribution in [-0.4, -0.2) is 26.3 Å². The highest BCUT2D eigenvalue weighted by atomic mass is 16.6. The first-order valence-electron chi connectivity index (χ1n) is 6.71. The Morgan fingerprint density at radius 1 is 1.22 bits per heavy atom.